The summed E-state index contributed by atoms with van der Waals surface area (Å²) < 4.78 is 13.3. The molecule has 5 nitrogen and oxygen atoms in total. The Morgan fingerprint density at radius 2 is 1.86 bits per heavy atom. The molecule has 0 bridgehead atoms. The number of amides is 2. The Morgan fingerprint density at radius 1 is 1.07 bits per heavy atom. The van der Waals surface area contributed by atoms with Crippen molar-refractivity contribution in [2.75, 3.05) is 26.2 Å². The van der Waals surface area contributed by atoms with E-state index in [9.17, 15) is 14.0 Å². The van der Waals surface area contributed by atoms with Crippen LogP contribution in [0, 0.1) is 11.7 Å². The number of piperidine rings is 2. The zero-order valence-corrected chi connectivity index (χ0v) is 16.4. The molecule has 1 atom stereocenters. The molecule has 3 fully saturated rings. The van der Waals surface area contributed by atoms with Crippen LogP contribution in [0.1, 0.15) is 44.1 Å². The van der Waals surface area contributed by atoms with E-state index in [1.165, 1.54) is 12.1 Å². The van der Waals surface area contributed by atoms with Crippen LogP contribution in [0.3, 0.4) is 0 Å². The lowest BCUT2D eigenvalue weighted by molar-refractivity contribution is -0.132. The number of nitrogens with one attached hydrogen (secondary N) is 1. The fourth-order valence-corrected chi connectivity index (χ4v) is 4.51. The van der Waals surface area contributed by atoms with E-state index < -0.39 is 0 Å². The van der Waals surface area contributed by atoms with Gasteiger partial charge in [0.1, 0.15) is 5.82 Å². The first-order valence-electron chi connectivity index (χ1n) is 10.6. The van der Waals surface area contributed by atoms with E-state index in [0.717, 1.165) is 70.3 Å². The Morgan fingerprint density at radius 3 is 2.57 bits per heavy atom. The Bertz CT molecular complexity index is 713. The molecule has 0 spiro atoms. The molecular formula is C22H30FN3O2. The van der Waals surface area contributed by atoms with Crippen LogP contribution in [-0.2, 0) is 16.0 Å². The molecule has 1 aromatic rings. The number of halogens is 1. The summed E-state index contributed by atoms with van der Waals surface area (Å²) in [6, 6.07) is 7.16. The van der Waals surface area contributed by atoms with Crippen LogP contribution in [-0.4, -0.2) is 59.9 Å². The van der Waals surface area contributed by atoms with Gasteiger partial charge >= 0.3 is 0 Å². The SMILES string of the molecule is O=C(NC1CC1)[C@@H]1CCCN(C2CCN(C(=O)Cc3cccc(F)c3)CC2)C1. The molecule has 152 valence electrons. The van der Waals surface area contributed by atoms with Gasteiger partial charge in [-0.2, -0.15) is 0 Å². The lowest BCUT2D eigenvalue weighted by Crippen LogP contribution is -2.51. The first kappa shape index (κ1) is 19.4. The second kappa shape index (κ2) is 8.60. The smallest absolute Gasteiger partial charge is 0.226 e. The molecule has 1 aliphatic carbocycles. The van der Waals surface area contributed by atoms with Crippen molar-refractivity contribution < 1.29 is 14.0 Å². The molecule has 1 saturated carbocycles. The van der Waals surface area contributed by atoms with E-state index in [0.29, 0.717) is 12.1 Å². The minimum atomic E-state index is -0.297. The number of carbonyl (C=O) groups excluding carboxylic acids is 2. The number of nitrogens with zero attached hydrogens (tertiary/aromatic N) is 2. The van der Waals surface area contributed by atoms with Crippen molar-refractivity contribution in [1.29, 1.82) is 0 Å². The predicted molar refractivity (Wildman–Crippen MR) is 105 cm³/mol. The number of likely N-dealkylation sites (tertiary alicyclic amines) is 2. The van der Waals surface area contributed by atoms with Crippen LogP contribution in [0.4, 0.5) is 4.39 Å². The molecule has 3 aliphatic rings. The van der Waals surface area contributed by atoms with Crippen molar-refractivity contribution in [1.82, 2.24) is 15.1 Å². The molecule has 4 rings (SSSR count). The van der Waals surface area contributed by atoms with Crippen LogP contribution < -0.4 is 5.32 Å². The third-order valence-electron chi connectivity index (χ3n) is 6.33. The molecule has 2 aliphatic heterocycles. The van der Waals surface area contributed by atoms with Crippen LogP contribution in [0.15, 0.2) is 24.3 Å². The first-order chi connectivity index (χ1) is 13.6. The summed E-state index contributed by atoms with van der Waals surface area (Å²) in [7, 11) is 0. The van der Waals surface area contributed by atoms with E-state index in [4.69, 9.17) is 0 Å². The molecule has 2 heterocycles. The van der Waals surface area contributed by atoms with Gasteiger partial charge in [-0.05, 0) is 62.8 Å². The topological polar surface area (TPSA) is 52.7 Å². The normalized spacial score (nSPS) is 24.2. The maximum absolute atomic E-state index is 13.3. The Kier molecular flexibility index (Phi) is 5.95. The lowest BCUT2D eigenvalue weighted by atomic mass is 9.93. The molecular weight excluding hydrogens is 357 g/mol. The van der Waals surface area contributed by atoms with E-state index in [1.54, 1.807) is 12.1 Å². The van der Waals surface area contributed by atoms with Crippen molar-refractivity contribution in [3.05, 3.63) is 35.6 Å². The highest BCUT2D eigenvalue weighted by Gasteiger charge is 2.34. The molecule has 1 N–H and O–H groups in total. The highest BCUT2D eigenvalue weighted by atomic mass is 19.1. The number of hydrogen-bond donors (Lipinski definition) is 1. The monoisotopic (exact) mass is 387 g/mol. The highest BCUT2D eigenvalue weighted by Crippen LogP contribution is 2.26. The van der Waals surface area contributed by atoms with Gasteiger partial charge in [0, 0.05) is 31.7 Å². The molecule has 0 radical (unpaired) electrons. The van der Waals surface area contributed by atoms with Gasteiger partial charge in [-0.1, -0.05) is 12.1 Å². The maximum atomic E-state index is 13.3. The van der Waals surface area contributed by atoms with Crippen molar-refractivity contribution in [2.24, 2.45) is 5.92 Å². The van der Waals surface area contributed by atoms with Gasteiger partial charge in [0.25, 0.3) is 0 Å². The fourth-order valence-electron chi connectivity index (χ4n) is 4.51. The number of rotatable bonds is 5. The second-order valence-electron chi connectivity index (χ2n) is 8.54. The van der Waals surface area contributed by atoms with Crippen molar-refractivity contribution in [2.45, 2.75) is 57.0 Å². The maximum Gasteiger partial charge on any atom is 0.226 e. The van der Waals surface area contributed by atoms with Gasteiger partial charge in [0.2, 0.25) is 11.8 Å². The summed E-state index contributed by atoms with van der Waals surface area (Å²) in [6.07, 6.45) is 6.48. The summed E-state index contributed by atoms with van der Waals surface area (Å²) >= 11 is 0. The van der Waals surface area contributed by atoms with Gasteiger partial charge in [-0.25, -0.2) is 4.39 Å². The third-order valence-corrected chi connectivity index (χ3v) is 6.33. The van der Waals surface area contributed by atoms with Gasteiger partial charge in [0.15, 0.2) is 0 Å². The molecule has 2 amide bonds. The van der Waals surface area contributed by atoms with Crippen molar-refractivity contribution in [3.8, 4) is 0 Å². The Hall–Kier alpha value is -1.95. The van der Waals surface area contributed by atoms with Crippen LogP contribution >= 0.6 is 0 Å². The zero-order chi connectivity index (χ0) is 19.5. The largest absolute Gasteiger partial charge is 0.353 e. The standard InChI is InChI=1S/C22H30FN3O2/c23-18-5-1-3-16(13-18)14-21(27)25-11-8-20(9-12-25)26-10-2-4-17(15-26)22(28)24-19-6-7-19/h1,3,5,13,17,19-20H,2,4,6-12,14-15H2,(H,24,28)/t17-/m1/s1. The Balaban J connectivity index is 1.25. The molecule has 6 heteroatoms. The van der Waals surface area contributed by atoms with Crippen LogP contribution in [0.2, 0.25) is 0 Å². The first-order valence-corrected chi connectivity index (χ1v) is 10.6. The molecule has 28 heavy (non-hydrogen) atoms. The van der Waals surface area contributed by atoms with E-state index in [-0.39, 0.29) is 30.0 Å². The van der Waals surface area contributed by atoms with E-state index in [1.807, 2.05) is 4.90 Å². The van der Waals surface area contributed by atoms with Crippen LogP contribution in [0.25, 0.3) is 0 Å². The fraction of sp³-hybridized carbons (Fsp3) is 0.636. The third kappa shape index (κ3) is 4.90. The minimum absolute atomic E-state index is 0.0735. The number of hydrogen-bond acceptors (Lipinski definition) is 3. The average Bonchev–Trinajstić information content (AvgIpc) is 3.52. The number of carbonyl (C=O) groups is 2. The molecule has 0 unspecified atom stereocenters. The Labute approximate surface area is 166 Å². The van der Waals surface area contributed by atoms with E-state index in [2.05, 4.69) is 10.2 Å². The quantitative estimate of drug-likeness (QED) is 0.844. The average molecular weight is 387 g/mol. The molecule has 1 aromatic carbocycles. The summed E-state index contributed by atoms with van der Waals surface area (Å²) in [6.45, 7) is 3.39. The van der Waals surface area contributed by atoms with Gasteiger partial charge < -0.3 is 10.2 Å². The predicted octanol–water partition coefficient (Wildman–Crippen LogP) is 2.35. The highest BCUT2D eigenvalue weighted by molar-refractivity contribution is 5.79. The summed E-state index contributed by atoms with van der Waals surface area (Å²) in [5, 5.41) is 3.15. The lowest BCUT2D eigenvalue weighted by Gasteiger charge is -2.42. The summed E-state index contributed by atoms with van der Waals surface area (Å²) in [5.41, 5.74) is 0.729. The van der Waals surface area contributed by atoms with Crippen molar-refractivity contribution in [3.63, 3.8) is 0 Å². The summed E-state index contributed by atoms with van der Waals surface area (Å²) in [5.74, 6) is 0.121. The van der Waals surface area contributed by atoms with Crippen LogP contribution in [0.5, 0.6) is 0 Å². The minimum Gasteiger partial charge on any atom is -0.353 e. The zero-order valence-electron chi connectivity index (χ0n) is 16.4. The van der Waals surface area contributed by atoms with Gasteiger partial charge in [0.05, 0.1) is 12.3 Å². The van der Waals surface area contributed by atoms with Gasteiger partial charge in [-0.15, -0.1) is 0 Å². The summed E-state index contributed by atoms with van der Waals surface area (Å²) in [4.78, 5) is 29.3. The molecule has 0 aromatic heterocycles. The second-order valence-corrected chi connectivity index (χ2v) is 8.54. The van der Waals surface area contributed by atoms with Crippen molar-refractivity contribution >= 4 is 11.8 Å². The number of benzene rings is 1. The van der Waals surface area contributed by atoms with E-state index >= 15 is 0 Å². The van der Waals surface area contributed by atoms with Gasteiger partial charge in [-0.3, -0.25) is 14.5 Å². The molecule has 2 saturated heterocycles.